The minimum Gasteiger partial charge on any atom is -0.495 e. The molecule has 1 aromatic carbocycles. The van der Waals surface area contributed by atoms with E-state index in [1.165, 1.54) is 11.4 Å². The monoisotopic (exact) mass is 365 g/mol. The van der Waals surface area contributed by atoms with Crippen molar-refractivity contribution in [3.05, 3.63) is 22.7 Å². The highest BCUT2D eigenvalue weighted by molar-refractivity contribution is 9.10. The van der Waals surface area contributed by atoms with Crippen molar-refractivity contribution in [2.45, 2.75) is 24.2 Å². The molecule has 5 nitrogen and oxygen atoms in total. The summed E-state index contributed by atoms with van der Waals surface area (Å²) < 4.78 is 32.1. The number of unbranched alkanes of at least 4 members (excludes halogenated alkanes) is 2. The van der Waals surface area contributed by atoms with Crippen LogP contribution in [0.5, 0.6) is 5.75 Å². The summed E-state index contributed by atoms with van der Waals surface area (Å²) in [7, 11) is -0.577. The zero-order valence-corrected chi connectivity index (χ0v) is 14.1. The normalized spacial score (nSPS) is 11.8. The summed E-state index contributed by atoms with van der Waals surface area (Å²) in [4.78, 5) is 0.152. The van der Waals surface area contributed by atoms with Crippen LogP contribution in [0.2, 0.25) is 0 Å². The maximum Gasteiger partial charge on any atom is 0.246 e. The Morgan fingerprint density at radius 1 is 1.30 bits per heavy atom. The lowest BCUT2D eigenvalue weighted by atomic mass is 10.2. The summed E-state index contributed by atoms with van der Waals surface area (Å²) in [6, 6.07) is 4.90. The number of rotatable bonds is 8. The molecule has 0 aliphatic rings. The van der Waals surface area contributed by atoms with Crippen molar-refractivity contribution in [3.8, 4) is 5.75 Å². The first kappa shape index (κ1) is 17.4. The quantitative estimate of drug-likeness (QED) is 0.717. The smallest absolute Gasteiger partial charge is 0.246 e. The summed E-state index contributed by atoms with van der Waals surface area (Å²) in [6.07, 6.45) is 2.20. The van der Waals surface area contributed by atoms with Crippen LogP contribution in [0, 0.1) is 0 Å². The van der Waals surface area contributed by atoms with E-state index in [4.69, 9.17) is 9.84 Å². The van der Waals surface area contributed by atoms with Gasteiger partial charge in [0.05, 0.1) is 7.11 Å². The number of methoxy groups -OCH3 is 1. The molecule has 1 aromatic rings. The Hall–Kier alpha value is -0.630. The van der Waals surface area contributed by atoms with Gasteiger partial charge in [0.1, 0.15) is 10.6 Å². The number of nitrogens with zero attached hydrogens (tertiary/aromatic N) is 1. The molecule has 0 spiro atoms. The van der Waals surface area contributed by atoms with Crippen LogP contribution >= 0.6 is 15.9 Å². The van der Waals surface area contributed by atoms with Gasteiger partial charge in [0.15, 0.2) is 0 Å². The number of aliphatic hydroxyl groups excluding tert-OH is 1. The Morgan fingerprint density at radius 2 is 2.00 bits per heavy atom. The van der Waals surface area contributed by atoms with Crippen molar-refractivity contribution in [2.24, 2.45) is 0 Å². The van der Waals surface area contributed by atoms with Crippen molar-refractivity contribution >= 4 is 26.0 Å². The van der Waals surface area contributed by atoms with Gasteiger partial charge < -0.3 is 9.84 Å². The number of hydrogen-bond donors (Lipinski definition) is 1. The molecule has 0 saturated carbocycles. The lowest BCUT2D eigenvalue weighted by Crippen LogP contribution is -2.28. The molecule has 7 heteroatoms. The molecule has 0 aliphatic heterocycles. The Kier molecular flexibility index (Phi) is 6.94. The van der Waals surface area contributed by atoms with Crippen LogP contribution in [0.15, 0.2) is 27.6 Å². The predicted octanol–water partition coefficient (Wildman–Crippen LogP) is 2.24. The average Bonchev–Trinajstić information content (AvgIpc) is 2.43. The fraction of sp³-hybridized carbons (Fsp3) is 0.538. The van der Waals surface area contributed by atoms with E-state index in [1.54, 1.807) is 25.2 Å². The van der Waals surface area contributed by atoms with Gasteiger partial charge in [0.25, 0.3) is 0 Å². The van der Waals surface area contributed by atoms with Crippen molar-refractivity contribution in [1.29, 1.82) is 0 Å². The van der Waals surface area contributed by atoms with E-state index in [9.17, 15) is 8.42 Å². The highest BCUT2D eigenvalue weighted by atomic mass is 79.9. The van der Waals surface area contributed by atoms with Gasteiger partial charge in [-0.05, 0) is 37.5 Å². The van der Waals surface area contributed by atoms with Gasteiger partial charge in [-0.3, -0.25) is 0 Å². The number of hydrogen-bond acceptors (Lipinski definition) is 4. The third kappa shape index (κ3) is 4.44. The van der Waals surface area contributed by atoms with E-state index in [0.29, 0.717) is 29.6 Å². The van der Waals surface area contributed by atoms with Crippen LogP contribution in [0.25, 0.3) is 0 Å². The molecule has 0 amide bonds. The Bertz CT molecular complexity index is 533. The molecule has 0 bridgehead atoms. The minimum atomic E-state index is -3.58. The number of benzene rings is 1. The Morgan fingerprint density at radius 3 is 2.60 bits per heavy atom. The first-order chi connectivity index (χ1) is 9.43. The van der Waals surface area contributed by atoms with Crippen LogP contribution in [-0.2, 0) is 10.0 Å². The maximum atomic E-state index is 12.5. The van der Waals surface area contributed by atoms with E-state index in [2.05, 4.69) is 15.9 Å². The molecular formula is C13H20BrNO4S. The SMILES string of the molecule is COc1ccc(Br)cc1S(=O)(=O)N(C)CCCCCO. The molecular weight excluding hydrogens is 346 g/mol. The van der Waals surface area contributed by atoms with Gasteiger partial charge >= 0.3 is 0 Å². The third-order valence-corrected chi connectivity index (χ3v) is 5.32. The predicted molar refractivity (Wildman–Crippen MR) is 81.4 cm³/mol. The fourth-order valence-electron chi connectivity index (χ4n) is 1.76. The van der Waals surface area contributed by atoms with E-state index in [0.717, 1.165) is 6.42 Å². The lowest BCUT2D eigenvalue weighted by molar-refractivity contribution is 0.281. The second-order valence-electron chi connectivity index (χ2n) is 4.41. The average molecular weight is 366 g/mol. The minimum absolute atomic E-state index is 0.135. The van der Waals surface area contributed by atoms with Gasteiger partial charge in [-0.1, -0.05) is 15.9 Å². The zero-order chi connectivity index (χ0) is 15.2. The zero-order valence-electron chi connectivity index (χ0n) is 11.7. The highest BCUT2D eigenvalue weighted by Gasteiger charge is 2.24. The molecule has 0 aromatic heterocycles. The molecule has 0 unspecified atom stereocenters. The van der Waals surface area contributed by atoms with Gasteiger partial charge in [-0.25, -0.2) is 12.7 Å². The van der Waals surface area contributed by atoms with Crippen molar-refractivity contribution in [3.63, 3.8) is 0 Å². The highest BCUT2D eigenvalue weighted by Crippen LogP contribution is 2.29. The number of halogens is 1. The molecule has 0 radical (unpaired) electrons. The van der Waals surface area contributed by atoms with Gasteiger partial charge in [-0.15, -0.1) is 0 Å². The van der Waals surface area contributed by atoms with Crippen LogP contribution in [0.3, 0.4) is 0 Å². The van der Waals surface area contributed by atoms with Crippen LogP contribution in [0.1, 0.15) is 19.3 Å². The molecule has 1 N–H and O–H groups in total. The maximum absolute atomic E-state index is 12.5. The summed E-state index contributed by atoms with van der Waals surface area (Å²) in [5, 5.41) is 8.71. The number of ether oxygens (including phenoxy) is 1. The molecule has 0 saturated heterocycles. The van der Waals surface area contributed by atoms with Crippen molar-refractivity contribution < 1.29 is 18.3 Å². The van der Waals surface area contributed by atoms with E-state index < -0.39 is 10.0 Å². The molecule has 0 aliphatic carbocycles. The summed E-state index contributed by atoms with van der Waals surface area (Å²) >= 11 is 3.27. The molecule has 20 heavy (non-hydrogen) atoms. The summed E-state index contributed by atoms with van der Waals surface area (Å²) in [5.41, 5.74) is 0. The lowest BCUT2D eigenvalue weighted by Gasteiger charge is -2.19. The van der Waals surface area contributed by atoms with Gasteiger partial charge in [0.2, 0.25) is 10.0 Å². The second kappa shape index (κ2) is 7.97. The Labute approximate surface area is 128 Å². The topological polar surface area (TPSA) is 66.8 Å². The standard InChI is InChI=1S/C13H20BrNO4S/c1-15(8-4-3-5-9-16)20(17,18)13-10-11(14)6-7-12(13)19-2/h6-7,10,16H,3-5,8-9H2,1-2H3. The van der Waals surface area contributed by atoms with Gasteiger partial charge in [0, 0.05) is 24.7 Å². The molecule has 1 rings (SSSR count). The van der Waals surface area contributed by atoms with Crippen molar-refractivity contribution in [1.82, 2.24) is 4.31 Å². The molecule has 114 valence electrons. The number of aliphatic hydroxyl groups is 1. The number of sulfonamides is 1. The van der Waals surface area contributed by atoms with Crippen LogP contribution in [-0.4, -0.2) is 45.1 Å². The molecule has 0 heterocycles. The summed E-state index contributed by atoms with van der Waals surface area (Å²) in [5.74, 6) is 0.329. The fourth-order valence-corrected chi connectivity index (χ4v) is 3.66. The third-order valence-electron chi connectivity index (χ3n) is 2.95. The van der Waals surface area contributed by atoms with Crippen LogP contribution in [0.4, 0.5) is 0 Å². The Balaban J connectivity index is 2.89. The first-order valence-corrected chi connectivity index (χ1v) is 8.57. The largest absolute Gasteiger partial charge is 0.495 e. The summed E-state index contributed by atoms with van der Waals surface area (Å²) in [6.45, 7) is 0.550. The van der Waals surface area contributed by atoms with Crippen LogP contribution < -0.4 is 4.74 Å². The first-order valence-electron chi connectivity index (χ1n) is 6.34. The van der Waals surface area contributed by atoms with E-state index >= 15 is 0 Å². The van der Waals surface area contributed by atoms with Gasteiger partial charge in [-0.2, -0.15) is 0 Å². The van der Waals surface area contributed by atoms with E-state index in [1.807, 2.05) is 0 Å². The molecule has 0 fully saturated rings. The van der Waals surface area contributed by atoms with E-state index in [-0.39, 0.29) is 11.5 Å². The second-order valence-corrected chi connectivity index (χ2v) is 7.34. The molecule has 0 atom stereocenters. The van der Waals surface area contributed by atoms with Crippen molar-refractivity contribution in [2.75, 3.05) is 27.3 Å².